The first-order chi connectivity index (χ1) is 12.7. The Morgan fingerprint density at radius 3 is 2.48 bits per heavy atom. The van der Waals surface area contributed by atoms with Gasteiger partial charge in [-0.1, -0.05) is 23.4 Å². The van der Waals surface area contributed by atoms with E-state index in [0.717, 1.165) is 11.0 Å². The molecule has 0 unspecified atom stereocenters. The molecule has 1 aliphatic rings. The Hall–Kier alpha value is -2.32. The molecule has 1 heterocycles. The van der Waals surface area contributed by atoms with E-state index in [4.69, 9.17) is 26.2 Å². The largest absolute Gasteiger partial charge is 0.497 e. The van der Waals surface area contributed by atoms with Gasteiger partial charge in [-0.25, -0.2) is 4.79 Å². The van der Waals surface area contributed by atoms with E-state index in [1.807, 2.05) is 0 Å². The van der Waals surface area contributed by atoms with Gasteiger partial charge in [0.25, 0.3) is 0 Å². The van der Waals surface area contributed by atoms with Gasteiger partial charge < -0.3 is 14.6 Å². The highest BCUT2D eigenvalue weighted by Gasteiger charge is 2.48. The number of alkyl halides is 3. The normalized spacial score (nSPS) is 16.2. The van der Waals surface area contributed by atoms with Crippen LogP contribution in [0.5, 0.6) is 11.5 Å². The zero-order valence-electron chi connectivity index (χ0n) is 13.7. The summed E-state index contributed by atoms with van der Waals surface area (Å²) in [7, 11) is 1.54. The maximum atomic E-state index is 13.2. The summed E-state index contributed by atoms with van der Waals surface area (Å²) in [5.74, 6) is -1.11. The molecule has 4 nitrogen and oxygen atoms in total. The predicted molar refractivity (Wildman–Crippen MR) is 94.7 cm³/mol. The Labute approximate surface area is 161 Å². The number of benzene rings is 2. The van der Waals surface area contributed by atoms with Gasteiger partial charge in [-0.15, -0.1) is 0 Å². The number of methoxy groups -OCH3 is 1. The number of fused-ring (bicyclic) bond motifs is 1. The van der Waals surface area contributed by atoms with Gasteiger partial charge in [0.15, 0.2) is 0 Å². The highest BCUT2D eigenvalue weighted by molar-refractivity contribution is 7.99. The van der Waals surface area contributed by atoms with Crippen molar-refractivity contribution in [1.29, 1.82) is 0 Å². The number of aliphatic carboxylic acids is 1. The Kier molecular flexibility index (Phi) is 5.30. The number of carboxylic acids is 1. The van der Waals surface area contributed by atoms with Crippen LogP contribution in [0.15, 0.2) is 51.8 Å². The highest BCUT2D eigenvalue weighted by Crippen LogP contribution is 2.43. The SMILES string of the molecule is COc1ccc(Sc2cc3c(cc2Cl)C=C(C(=O)O)[C@@H](C(F)(F)F)O3)cc1. The zero-order valence-corrected chi connectivity index (χ0v) is 15.3. The lowest BCUT2D eigenvalue weighted by Crippen LogP contribution is -2.40. The van der Waals surface area contributed by atoms with Crippen molar-refractivity contribution >= 4 is 35.4 Å². The summed E-state index contributed by atoms with van der Waals surface area (Å²) in [6, 6.07) is 9.81. The van der Waals surface area contributed by atoms with Crippen LogP contribution in [0.4, 0.5) is 13.2 Å². The minimum atomic E-state index is -4.86. The van der Waals surface area contributed by atoms with Crippen molar-refractivity contribution in [3.63, 3.8) is 0 Å². The topological polar surface area (TPSA) is 55.8 Å². The quantitative estimate of drug-likeness (QED) is 0.733. The smallest absolute Gasteiger partial charge is 0.430 e. The van der Waals surface area contributed by atoms with E-state index in [-0.39, 0.29) is 16.3 Å². The number of carboxylic acid groups (broad SMARTS) is 1. The molecule has 0 saturated carbocycles. The maximum Gasteiger partial charge on any atom is 0.430 e. The van der Waals surface area contributed by atoms with Crippen molar-refractivity contribution in [3.05, 3.63) is 52.6 Å². The van der Waals surface area contributed by atoms with Gasteiger partial charge in [0.1, 0.15) is 11.5 Å². The highest BCUT2D eigenvalue weighted by atomic mass is 35.5. The van der Waals surface area contributed by atoms with E-state index in [2.05, 4.69) is 0 Å². The fraction of sp³-hybridized carbons (Fsp3) is 0.167. The molecule has 1 N–H and O–H groups in total. The van der Waals surface area contributed by atoms with Gasteiger partial charge in [0, 0.05) is 15.4 Å². The minimum absolute atomic E-state index is 0.0808. The number of ether oxygens (including phenoxy) is 2. The molecule has 1 aliphatic heterocycles. The second-order valence-electron chi connectivity index (χ2n) is 5.54. The number of hydrogen-bond acceptors (Lipinski definition) is 4. The first-order valence-electron chi connectivity index (χ1n) is 7.52. The molecule has 0 aromatic heterocycles. The number of carbonyl (C=O) groups is 1. The van der Waals surface area contributed by atoms with Crippen LogP contribution < -0.4 is 9.47 Å². The van der Waals surface area contributed by atoms with E-state index in [0.29, 0.717) is 10.6 Å². The fourth-order valence-electron chi connectivity index (χ4n) is 2.46. The summed E-state index contributed by atoms with van der Waals surface area (Å²) < 4.78 is 49.6. The van der Waals surface area contributed by atoms with Crippen LogP contribution in [0, 0.1) is 0 Å². The van der Waals surface area contributed by atoms with Crippen molar-refractivity contribution in [2.24, 2.45) is 0 Å². The van der Waals surface area contributed by atoms with Crippen LogP contribution >= 0.6 is 23.4 Å². The molecule has 0 radical (unpaired) electrons. The molecule has 27 heavy (non-hydrogen) atoms. The third kappa shape index (κ3) is 4.17. The van der Waals surface area contributed by atoms with Crippen molar-refractivity contribution < 1.29 is 32.5 Å². The molecule has 0 saturated heterocycles. The molecule has 142 valence electrons. The first-order valence-corrected chi connectivity index (χ1v) is 8.72. The fourth-order valence-corrected chi connectivity index (χ4v) is 3.60. The van der Waals surface area contributed by atoms with Gasteiger partial charge in [-0.05, 0) is 42.5 Å². The minimum Gasteiger partial charge on any atom is -0.497 e. The Bertz CT molecular complexity index is 910. The van der Waals surface area contributed by atoms with Gasteiger partial charge in [0.2, 0.25) is 6.10 Å². The lowest BCUT2D eigenvalue weighted by molar-refractivity contribution is -0.187. The molecule has 9 heteroatoms. The summed E-state index contributed by atoms with van der Waals surface area (Å²) in [6.45, 7) is 0. The molecule has 0 amide bonds. The van der Waals surface area contributed by atoms with E-state index in [1.54, 1.807) is 24.3 Å². The summed E-state index contributed by atoms with van der Waals surface area (Å²) in [5.41, 5.74) is -0.710. The van der Waals surface area contributed by atoms with Crippen LogP contribution in [0.1, 0.15) is 5.56 Å². The second-order valence-corrected chi connectivity index (χ2v) is 7.06. The molecule has 0 fully saturated rings. The lowest BCUT2D eigenvalue weighted by Gasteiger charge is -2.27. The summed E-state index contributed by atoms with van der Waals surface area (Å²) in [5, 5.41) is 9.33. The molecule has 2 aromatic carbocycles. The summed E-state index contributed by atoms with van der Waals surface area (Å²) >= 11 is 7.46. The monoisotopic (exact) mass is 416 g/mol. The van der Waals surface area contributed by atoms with E-state index in [9.17, 15) is 18.0 Å². The number of halogens is 4. The van der Waals surface area contributed by atoms with Crippen molar-refractivity contribution in [3.8, 4) is 11.5 Å². The number of rotatable bonds is 4. The molecule has 0 spiro atoms. The molecule has 3 rings (SSSR count). The first kappa shape index (κ1) is 19.4. The molecular weight excluding hydrogens is 405 g/mol. The lowest BCUT2D eigenvalue weighted by atomic mass is 10.0. The summed E-state index contributed by atoms with van der Waals surface area (Å²) in [4.78, 5) is 12.4. The van der Waals surface area contributed by atoms with Crippen molar-refractivity contribution in [2.75, 3.05) is 7.11 Å². The molecule has 1 atom stereocenters. The molecule has 2 aromatic rings. The van der Waals surface area contributed by atoms with Gasteiger partial charge in [-0.2, -0.15) is 13.2 Å². The van der Waals surface area contributed by atoms with E-state index >= 15 is 0 Å². The third-order valence-electron chi connectivity index (χ3n) is 3.73. The molecular formula is C18H12ClF3O4S. The van der Waals surface area contributed by atoms with E-state index in [1.165, 1.54) is 31.0 Å². The van der Waals surface area contributed by atoms with Crippen molar-refractivity contribution in [2.45, 2.75) is 22.1 Å². The predicted octanol–water partition coefficient (Wildman–Crippen LogP) is 5.29. The standard InChI is InChI=1S/C18H12ClF3O4S/c1-25-10-2-4-11(5-3-10)27-15-8-14-9(7-13(15)19)6-12(17(23)24)16(26-14)18(20,21)22/h2-8,16H,1H3,(H,23,24)/t16-/m0/s1. The Morgan fingerprint density at radius 1 is 1.26 bits per heavy atom. The maximum absolute atomic E-state index is 13.2. The van der Waals surface area contributed by atoms with Crippen LogP contribution in [0.25, 0.3) is 6.08 Å². The summed E-state index contributed by atoms with van der Waals surface area (Å²) in [6.07, 6.45) is -6.46. The molecule has 0 bridgehead atoms. The zero-order chi connectivity index (χ0) is 19.8. The Balaban J connectivity index is 1.97. The van der Waals surface area contributed by atoms with Crippen LogP contribution in [0.2, 0.25) is 5.02 Å². The average molecular weight is 417 g/mol. The van der Waals surface area contributed by atoms with Crippen LogP contribution in [0.3, 0.4) is 0 Å². The third-order valence-corrected chi connectivity index (χ3v) is 5.22. The number of hydrogen-bond donors (Lipinski definition) is 1. The van der Waals surface area contributed by atoms with Gasteiger partial charge in [0.05, 0.1) is 17.7 Å². The van der Waals surface area contributed by atoms with Gasteiger partial charge >= 0.3 is 12.1 Å². The van der Waals surface area contributed by atoms with Crippen molar-refractivity contribution in [1.82, 2.24) is 0 Å². The van der Waals surface area contributed by atoms with Crippen LogP contribution in [-0.4, -0.2) is 30.5 Å². The van der Waals surface area contributed by atoms with Gasteiger partial charge in [-0.3, -0.25) is 0 Å². The second kappa shape index (κ2) is 7.36. The Morgan fingerprint density at radius 2 is 1.93 bits per heavy atom. The van der Waals surface area contributed by atoms with Crippen LogP contribution in [-0.2, 0) is 4.79 Å². The average Bonchev–Trinajstić information content (AvgIpc) is 2.61. The van der Waals surface area contributed by atoms with E-state index < -0.39 is 23.8 Å². The molecule has 0 aliphatic carbocycles.